The van der Waals surface area contributed by atoms with Gasteiger partial charge in [0.1, 0.15) is 5.82 Å². The highest BCUT2D eigenvalue weighted by atomic mass is 19.1. The summed E-state index contributed by atoms with van der Waals surface area (Å²) in [5.74, 6) is -0.642. The molecule has 0 fully saturated rings. The molecular formula is C13H18FNO2. The van der Waals surface area contributed by atoms with Crippen LogP contribution < -0.4 is 0 Å². The van der Waals surface area contributed by atoms with Gasteiger partial charge in [-0.1, -0.05) is 6.07 Å². The number of halogens is 1. The van der Waals surface area contributed by atoms with Crippen LogP contribution in [-0.2, 0) is 0 Å². The maximum atomic E-state index is 13.4. The number of benzene rings is 1. The van der Waals surface area contributed by atoms with Gasteiger partial charge in [0, 0.05) is 18.2 Å². The van der Waals surface area contributed by atoms with E-state index in [-0.39, 0.29) is 30.9 Å². The van der Waals surface area contributed by atoms with Gasteiger partial charge in [-0.25, -0.2) is 4.39 Å². The summed E-state index contributed by atoms with van der Waals surface area (Å²) in [5.41, 5.74) is 0.829. The van der Waals surface area contributed by atoms with Crippen LogP contribution in [0.4, 0.5) is 4.39 Å². The lowest BCUT2D eigenvalue weighted by atomic mass is 10.1. The Balaban J connectivity index is 2.97. The number of nitrogens with zero attached hydrogens (tertiary/aromatic N) is 1. The van der Waals surface area contributed by atoms with Gasteiger partial charge in [-0.2, -0.15) is 0 Å². The molecule has 1 rings (SSSR count). The second kappa shape index (κ2) is 5.77. The van der Waals surface area contributed by atoms with E-state index in [1.807, 2.05) is 13.8 Å². The predicted octanol–water partition coefficient (Wildman–Crippen LogP) is 1.98. The van der Waals surface area contributed by atoms with Gasteiger partial charge in [0.15, 0.2) is 0 Å². The molecule has 0 saturated heterocycles. The van der Waals surface area contributed by atoms with Gasteiger partial charge >= 0.3 is 0 Å². The third kappa shape index (κ3) is 3.27. The topological polar surface area (TPSA) is 40.5 Å². The van der Waals surface area contributed by atoms with Crippen molar-refractivity contribution in [3.63, 3.8) is 0 Å². The average molecular weight is 239 g/mol. The van der Waals surface area contributed by atoms with Gasteiger partial charge < -0.3 is 10.0 Å². The predicted molar refractivity (Wildman–Crippen MR) is 64.4 cm³/mol. The molecule has 0 aliphatic heterocycles. The monoisotopic (exact) mass is 239 g/mol. The first kappa shape index (κ1) is 13.6. The number of hydrogen-bond donors (Lipinski definition) is 1. The molecular weight excluding hydrogens is 221 g/mol. The van der Waals surface area contributed by atoms with Crippen molar-refractivity contribution in [2.24, 2.45) is 0 Å². The lowest BCUT2D eigenvalue weighted by molar-refractivity contribution is 0.0665. The number of rotatable bonds is 4. The van der Waals surface area contributed by atoms with Gasteiger partial charge in [-0.05, 0) is 38.5 Å². The number of carbonyl (C=O) groups is 1. The molecule has 1 amide bonds. The number of aliphatic hydroxyl groups is 1. The summed E-state index contributed by atoms with van der Waals surface area (Å²) in [7, 11) is 0. The van der Waals surface area contributed by atoms with E-state index in [9.17, 15) is 9.18 Å². The summed E-state index contributed by atoms with van der Waals surface area (Å²) in [6, 6.07) is 4.40. The minimum atomic E-state index is -0.386. The van der Waals surface area contributed by atoms with Gasteiger partial charge in [0.2, 0.25) is 0 Å². The minimum absolute atomic E-state index is 0.0287. The van der Waals surface area contributed by atoms with Crippen LogP contribution in [0.5, 0.6) is 0 Å². The molecule has 1 N–H and O–H groups in total. The molecule has 17 heavy (non-hydrogen) atoms. The number of aliphatic hydroxyl groups excluding tert-OH is 1. The van der Waals surface area contributed by atoms with E-state index >= 15 is 0 Å². The van der Waals surface area contributed by atoms with Crippen LogP contribution in [0, 0.1) is 12.7 Å². The van der Waals surface area contributed by atoms with Crippen LogP contribution in [0.25, 0.3) is 0 Å². The summed E-state index contributed by atoms with van der Waals surface area (Å²) in [5, 5.41) is 8.91. The van der Waals surface area contributed by atoms with Crippen molar-refractivity contribution in [3.8, 4) is 0 Å². The SMILES string of the molecule is Cc1ccc(C(=O)N(CCO)C(C)C)cc1F. The van der Waals surface area contributed by atoms with Crippen LogP contribution in [0.2, 0.25) is 0 Å². The normalized spacial score (nSPS) is 10.7. The van der Waals surface area contributed by atoms with E-state index in [1.54, 1.807) is 19.1 Å². The molecule has 0 bridgehead atoms. The van der Waals surface area contributed by atoms with Crippen molar-refractivity contribution >= 4 is 5.91 Å². The van der Waals surface area contributed by atoms with Crippen molar-refractivity contribution in [3.05, 3.63) is 35.1 Å². The summed E-state index contributed by atoms with van der Waals surface area (Å²) in [6.07, 6.45) is 0. The van der Waals surface area contributed by atoms with E-state index in [0.717, 1.165) is 0 Å². The van der Waals surface area contributed by atoms with Crippen molar-refractivity contribution < 1.29 is 14.3 Å². The smallest absolute Gasteiger partial charge is 0.254 e. The quantitative estimate of drug-likeness (QED) is 0.872. The number of carbonyl (C=O) groups excluding carboxylic acids is 1. The summed E-state index contributed by atoms with van der Waals surface area (Å²) >= 11 is 0. The molecule has 0 aliphatic rings. The first-order valence-electron chi connectivity index (χ1n) is 5.65. The molecule has 1 aromatic carbocycles. The van der Waals surface area contributed by atoms with Gasteiger partial charge in [-0.15, -0.1) is 0 Å². The van der Waals surface area contributed by atoms with Crippen LogP contribution in [0.3, 0.4) is 0 Å². The fraction of sp³-hybridized carbons (Fsp3) is 0.462. The molecule has 0 aliphatic carbocycles. The van der Waals surface area contributed by atoms with E-state index in [0.29, 0.717) is 11.1 Å². The minimum Gasteiger partial charge on any atom is -0.395 e. The van der Waals surface area contributed by atoms with Gasteiger partial charge in [0.25, 0.3) is 5.91 Å². The largest absolute Gasteiger partial charge is 0.395 e. The third-order valence-corrected chi connectivity index (χ3v) is 2.64. The Morgan fingerprint density at radius 1 is 1.47 bits per heavy atom. The molecule has 1 aromatic rings. The number of aryl methyl sites for hydroxylation is 1. The first-order valence-corrected chi connectivity index (χ1v) is 5.65. The Bertz CT molecular complexity index is 404. The highest BCUT2D eigenvalue weighted by Crippen LogP contribution is 2.13. The summed E-state index contributed by atoms with van der Waals surface area (Å²) < 4.78 is 13.4. The molecule has 0 aromatic heterocycles. The highest BCUT2D eigenvalue weighted by molar-refractivity contribution is 5.94. The zero-order chi connectivity index (χ0) is 13.0. The van der Waals surface area contributed by atoms with E-state index in [4.69, 9.17) is 5.11 Å². The van der Waals surface area contributed by atoms with Crippen LogP contribution >= 0.6 is 0 Å². The van der Waals surface area contributed by atoms with E-state index in [1.165, 1.54) is 11.0 Å². The molecule has 0 atom stereocenters. The Kier molecular flexibility index (Phi) is 4.63. The lowest BCUT2D eigenvalue weighted by Crippen LogP contribution is -2.39. The Morgan fingerprint density at radius 2 is 2.12 bits per heavy atom. The lowest BCUT2D eigenvalue weighted by Gasteiger charge is -2.26. The molecule has 0 radical (unpaired) electrons. The van der Waals surface area contributed by atoms with Gasteiger partial charge in [-0.3, -0.25) is 4.79 Å². The number of hydrogen-bond acceptors (Lipinski definition) is 2. The van der Waals surface area contributed by atoms with Crippen LogP contribution in [0.1, 0.15) is 29.8 Å². The standard InChI is InChI=1S/C13H18FNO2/c1-9(2)15(6-7-16)13(17)11-5-4-10(3)12(14)8-11/h4-5,8-9,16H,6-7H2,1-3H3. The Morgan fingerprint density at radius 3 is 2.59 bits per heavy atom. The van der Waals surface area contributed by atoms with Crippen molar-refractivity contribution in [2.75, 3.05) is 13.2 Å². The second-order valence-corrected chi connectivity index (χ2v) is 4.28. The first-order chi connectivity index (χ1) is 7.97. The van der Waals surface area contributed by atoms with Crippen molar-refractivity contribution in [2.45, 2.75) is 26.8 Å². The molecule has 4 heteroatoms. The fourth-order valence-electron chi connectivity index (χ4n) is 1.59. The van der Waals surface area contributed by atoms with E-state index in [2.05, 4.69) is 0 Å². The molecule has 0 unspecified atom stereocenters. The molecule has 3 nitrogen and oxygen atoms in total. The van der Waals surface area contributed by atoms with Crippen molar-refractivity contribution in [1.29, 1.82) is 0 Å². The third-order valence-electron chi connectivity index (χ3n) is 2.64. The van der Waals surface area contributed by atoms with Crippen molar-refractivity contribution in [1.82, 2.24) is 4.90 Å². The summed E-state index contributed by atoms with van der Waals surface area (Å²) in [6.45, 7) is 5.53. The maximum absolute atomic E-state index is 13.4. The fourth-order valence-corrected chi connectivity index (χ4v) is 1.59. The zero-order valence-corrected chi connectivity index (χ0v) is 10.4. The summed E-state index contributed by atoms with van der Waals surface area (Å²) in [4.78, 5) is 13.6. The zero-order valence-electron chi connectivity index (χ0n) is 10.4. The Hall–Kier alpha value is -1.42. The molecule has 0 saturated carbocycles. The highest BCUT2D eigenvalue weighted by Gasteiger charge is 2.18. The average Bonchev–Trinajstić information content (AvgIpc) is 2.28. The molecule has 0 heterocycles. The maximum Gasteiger partial charge on any atom is 0.254 e. The molecule has 0 spiro atoms. The molecule has 94 valence electrons. The van der Waals surface area contributed by atoms with Crippen LogP contribution in [0.15, 0.2) is 18.2 Å². The number of amides is 1. The van der Waals surface area contributed by atoms with Gasteiger partial charge in [0.05, 0.1) is 6.61 Å². The Labute approximate surface area is 101 Å². The second-order valence-electron chi connectivity index (χ2n) is 4.28. The van der Waals surface area contributed by atoms with E-state index < -0.39 is 0 Å². The van der Waals surface area contributed by atoms with Crippen LogP contribution in [-0.4, -0.2) is 35.1 Å².